The van der Waals surface area contributed by atoms with Crippen LogP contribution in [0.5, 0.6) is 0 Å². The average molecular weight is 247 g/mol. The van der Waals surface area contributed by atoms with Gasteiger partial charge in [0.2, 0.25) is 0 Å². The fourth-order valence-electron chi connectivity index (χ4n) is 2.42. The standard InChI is InChI=1S/C13H17N3O2/c17-13-16-11-4-3-9(6-12(11)18-13)7-14-8-10-2-1-5-15-10/h3-4,6,10,14-15H,1-2,5,7-8H2,(H,16,17). The van der Waals surface area contributed by atoms with Crippen molar-refractivity contribution >= 4 is 11.1 Å². The monoisotopic (exact) mass is 247 g/mol. The molecule has 3 N–H and O–H groups in total. The Labute approximate surface area is 105 Å². The maximum absolute atomic E-state index is 11.0. The highest BCUT2D eigenvalue weighted by Gasteiger charge is 2.12. The predicted molar refractivity (Wildman–Crippen MR) is 69.6 cm³/mol. The van der Waals surface area contributed by atoms with Gasteiger partial charge in [0.05, 0.1) is 5.52 Å². The highest BCUT2D eigenvalue weighted by molar-refractivity contribution is 5.72. The Balaban J connectivity index is 1.61. The second kappa shape index (κ2) is 4.96. The number of fused-ring (bicyclic) bond motifs is 1. The molecule has 1 unspecified atom stereocenters. The summed E-state index contributed by atoms with van der Waals surface area (Å²) in [7, 11) is 0. The molecule has 5 nitrogen and oxygen atoms in total. The van der Waals surface area contributed by atoms with Crippen molar-refractivity contribution in [3.63, 3.8) is 0 Å². The number of hydrogen-bond donors (Lipinski definition) is 3. The van der Waals surface area contributed by atoms with E-state index in [1.54, 1.807) is 0 Å². The van der Waals surface area contributed by atoms with Crippen LogP contribution >= 0.6 is 0 Å². The minimum Gasteiger partial charge on any atom is -0.408 e. The van der Waals surface area contributed by atoms with Crippen LogP contribution in [0.2, 0.25) is 0 Å². The van der Waals surface area contributed by atoms with E-state index in [0.717, 1.165) is 30.7 Å². The van der Waals surface area contributed by atoms with E-state index in [2.05, 4.69) is 15.6 Å². The van der Waals surface area contributed by atoms with Crippen molar-refractivity contribution in [2.24, 2.45) is 0 Å². The Morgan fingerprint density at radius 2 is 2.39 bits per heavy atom. The summed E-state index contributed by atoms with van der Waals surface area (Å²) < 4.78 is 5.04. The van der Waals surface area contributed by atoms with Gasteiger partial charge in [-0.3, -0.25) is 4.98 Å². The summed E-state index contributed by atoms with van der Waals surface area (Å²) in [6.07, 6.45) is 2.52. The smallest absolute Gasteiger partial charge is 0.408 e. The normalized spacial score (nSPS) is 19.7. The maximum atomic E-state index is 11.0. The lowest BCUT2D eigenvalue weighted by atomic mass is 10.2. The van der Waals surface area contributed by atoms with Gasteiger partial charge < -0.3 is 15.1 Å². The fraction of sp³-hybridized carbons (Fsp3) is 0.462. The van der Waals surface area contributed by atoms with E-state index in [4.69, 9.17) is 4.42 Å². The first kappa shape index (κ1) is 11.5. The van der Waals surface area contributed by atoms with Crippen molar-refractivity contribution in [3.05, 3.63) is 34.3 Å². The van der Waals surface area contributed by atoms with Gasteiger partial charge in [-0.25, -0.2) is 4.79 Å². The summed E-state index contributed by atoms with van der Waals surface area (Å²) in [5.41, 5.74) is 2.50. The minimum atomic E-state index is -0.398. The molecule has 1 atom stereocenters. The first-order chi connectivity index (χ1) is 8.81. The molecule has 1 aromatic carbocycles. The molecular formula is C13H17N3O2. The molecule has 96 valence electrons. The van der Waals surface area contributed by atoms with E-state index in [9.17, 15) is 4.79 Å². The van der Waals surface area contributed by atoms with Gasteiger partial charge in [0, 0.05) is 19.1 Å². The lowest BCUT2D eigenvalue weighted by molar-refractivity contribution is 0.534. The highest BCUT2D eigenvalue weighted by Crippen LogP contribution is 2.12. The van der Waals surface area contributed by atoms with Gasteiger partial charge in [-0.15, -0.1) is 0 Å². The number of rotatable bonds is 4. The Morgan fingerprint density at radius 1 is 1.44 bits per heavy atom. The van der Waals surface area contributed by atoms with Crippen molar-refractivity contribution in [3.8, 4) is 0 Å². The summed E-state index contributed by atoms with van der Waals surface area (Å²) in [6, 6.07) is 6.38. The molecule has 3 rings (SSSR count). The van der Waals surface area contributed by atoms with E-state index in [0.29, 0.717) is 11.6 Å². The Bertz CT molecular complexity index is 581. The fourth-order valence-corrected chi connectivity index (χ4v) is 2.42. The number of H-pyrrole nitrogens is 1. The van der Waals surface area contributed by atoms with Crippen LogP contribution in [-0.2, 0) is 6.54 Å². The number of nitrogens with one attached hydrogen (secondary N) is 3. The topological polar surface area (TPSA) is 70.1 Å². The molecule has 2 heterocycles. The molecule has 0 bridgehead atoms. The van der Waals surface area contributed by atoms with Crippen LogP contribution in [0, 0.1) is 0 Å². The molecular weight excluding hydrogens is 230 g/mol. The second-order valence-corrected chi connectivity index (χ2v) is 4.77. The third-order valence-electron chi connectivity index (χ3n) is 3.37. The van der Waals surface area contributed by atoms with Crippen LogP contribution in [0.3, 0.4) is 0 Å². The van der Waals surface area contributed by atoms with E-state index < -0.39 is 5.76 Å². The number of aromatic amines is 1. The summed E-state index contributed by atoms with van der Waals surface area (Å²) in [4.78, 5) is 13.7. The van der Waals surface area contributed by atoms with Crippen LogP contribution in [0.1, 0.15) is 18.4 Å². The first-order valence-corrected chi connectivity index (χ1v) is 6.37. The number of benzene rings is 1. The molecule has 1 saturated heterocycles. The Kier molecular flexibility index (Phi) is 3.17. The minimum absolute atomic E-state index is 0.398. The van der Waals surface area contributed by atoms with Crippen LogP contribution in [-0.4, -0.2) is 24.1 Å². The van der Waals surface area contributed by atoms with Crippen molar-refractivity contribution in [1.29, 1.82) is 0 Å². The van der Waals surface area contributed by atoms with Crippen molar-refractivity contribution in [2.45, 2.75) is 25.4 Å². The average Bonchev–Trinajstić information content (AvgIpc) is 2.96. The molecule has 1 aromatic heterocycles. The maximum Gasteiger partial charge on any atom is 0.417 e. The zero-order chi connectivity index (χ0) is 12.4. The molecule has 0 amide bonds. The largest absolute Gasteiger partial charge is 0.417 e. The van der Waals surface area contributed by atoms with Crippen molar-refractivity contribution in [1.82, 2.24) is 15.6 Å². The number of aromatic nitrogens is 1. The lowest BCUT2D eigenvalue weighted by Crippen LogP contribution is -2.33. The zero-order valence-corrected chi connectivity index (χ0v) is 10.2. The third-order valence-corrected chi connectivity index (χ3v) is 3.37. The first-order valence-electron chi connectivity index (χ1n) is 6.37. The SMILES string of the molecule is O=c1[nH]c2ccc(CNCC3CCCN3)cc2o1. The van der Waals surface area contributed by atoms with Crippen LogP contribution < -0.4 is 16.4 Å². The Morgan fingerprint density at radius 3 is 3.22 bits per heavy atom. The van der Waals surface area contributed by atoms with Gasteiger partial charge in [-0.05, 0) is 37.1 Å². The summed E-state index contributed by atoms with van der Waals surface area (Å²) in [5.74, 6) is -0.398. The van der Waals surface area contributed by atoms with E-state index in [1.807, 2.05) is 18.2 Å². The second-order valence-electron chi connectivity index (χ2n) is 4.77. The van der Waals surface area contributed by atoms with Gasteiger partial charge >= 0.3 is 5.76 Å². The number of oxazole rings is 1. The molecule has 1 fully saturated rings. The molecule has 0 radical (unpaired) electrons. The zero-order valence-electron chi connectivity index (χ0n) is 10.2. The van der Waals surface area contributed by atoms with Gasteiger partial charge in [0.25, 0.3) is 0 Å². The quantitative estimate of drug-likeness (QED) is 0.752. The molecule has 1 aliphatic heterocycles. The molecule has 0 spiro atoms. The van der Waals surface area contributed by atoms with Crippen molar-refractivity contribution in [2.75, 3.05) is 13.1 Å². The highest BCUT2D eigenvalue weighted by atomic mass is 16.4. The third kappa shape index (κ3) is 2.47. The van der Waals surface area contributed by atoms with Crippen LogP contribution in [0.4, 0.5) is 0 Å². The van der Waals surface area contributed by atoms with Gasteiger partial charge in [-0.2, -0.15) is 0 Å². The van der Waals surface area contributed by atoms with Gasteiger partial charge in [0.1, 0.15) is 0 Å². The van der Waals surface area contributed by atoms with Gasteiger partial charge in [-0.1, -0.05) is 6.07 Å². The molecule has 0 saturated carbocycles. The molecule has 1 aliphatic rings. The van der Waals surface area contributed by atoms with E-state index >= 15 is 0 Å². The lowest BCUT2D eigenvalue weighted by Gasteiger charge is -2.11. The van der Waals surface area contributed by atoms with E-state index in [-0.39, 0.29) is 0 Å². The number of hydrogen-bond acceptors (Lipinski definition) is 4. The summed E-state index contributed by atoms with van der Waals surface area (Å²) in [5, 5.41) is 6.87. The van der Waals surface area contributed by atoms with Gasteiger partial charge in [0.15, 0.2) is 5.58 Å². The van der Waals surface area contributed by atoms with Crippen LogP contribution in [0.25, 0.3) is 11.1 Å². The summed E-state index contributed by atoms with van der Waals surface area (Å²) in [6.45, 7) is 2.91. The molecule has 5 heteroatoms. The van der Waals surface area contributed by atoms with Crippen LogP contribution in [0.15, 0.2) is 27.4 Å². The van der Waals surface area contributed by atoms with E-state index in [1.165, 1.54) is 12.8 Å². The summed E-state index contributed by atoms with van der Waals surface area (Å²) >= 11 is 0. The molecule has 2 aromatic rings. The van der Waals surface area contributed by atoms with Crippen molar-refractivity contribution < 1.29 is 4.42 Å². The predicted octanol–water partition coefficient (Wildman–Crippen LogP) is 0.963. The Hall–Kier alpha value is -1.59. The molecule has 18 heavy (non-hydrogen) atoms. The molecule has 0 aliphatic carbocycles.